The number of carbonyl (C=O) groups is 3. The summed E-state index contributed by atoms with van der Waals surface area (Å²) in [5.41, 5.74) is 1.52. The summed E-state index contributed by atoms with van der Waals surface area (Å²) in [4.78, 5) is 36.0. The number of ether oxygens (including phenoxy) is 1. The zero-order valence-corrected chi connectivity index (χ0v) is 16.4. The minimum atomic E-state index is -0.596. The van der Waals surface area contributed by atoms with Crippen molar-refractivity contribution >= 4 is 17.8 Å². The van der Waals surface area contributed by atoms with Gasteiger partial charge in [-0.2, -0.15) is 0 Å². The first kappa shape index (κ1) is 19.6. The van der Waals surface area contributed by atoms with Crippen LogP contribution in [0.5, 0.6) is 0 Å². The van der Waals surface area contributed by atoms with Gasteiger partial charge in [0.1, 0.15) is 0 Å². The van der Waals surface area contributed by atoms with Gasteiger partial charge in [-0.25, -0.2) is 0 Å². The van der Waals surface area contributed by atoms with Gasteiger partial charge in [-0.05, 0) is 60.1 Å². The topological polar surface area (TPSA) is 72.5 Å². The van der Waals surface area contributed by atoms with Crippen LogP contribution >= 0.6 is 0 Å². The quantitative estimate of drug-likeness (QED) is 0.803. The summed E-state index contributed by atoms with van der Waals surface area (Å²) in [6, 6.07) is 7.16. The smallest absolute Gasteiger partial charge is 0.306 e. The lowest BCUT2D eigenvalue weighted by Gasteiger charge is -2.20. The Balaban J connectivity index is 1.42. The highest BCUT2D eigenvalue weighted by Crippen LogP contribution is 2.49. The summed E-state index contributed by atoms with van der Waals surface area (Å²) < 4.78 is 5.07. The third kappa shape index (κ3) is 4.96. The molecule has 0 saturated heterocycles. The molecule has 2 bridgehead atoms. The monoisotopic (exact) mass is 371 g/mol. The Labute approximate surface area is 160 Å². The van der Waals surface area contributed by atoms with Gasteiger partial charge >= 0.3 is 5.97 Å². The first-order valence-corrected chi connectivity index (χ1v) is 9.82. The van der Waals surface area contributed by atoms with Crippen molar-refractivity contribution in [3.63, 3.8) is 0 Å². The Morgan fingerprint density at radius 2 is 1.78 bits per heavy atom. The molecule has 3 rings (SSSR count). The van der Waals surface area contributed by atoms with E-state index in [4.69, 9.17) is 4.74 Å². The molecule has 146 valence electrons. The van der Waals surface area contributed by atoms with E-state index in [1.165, 1.54) is 19.3 Å². The first-order valence-electron chi connectivity index (χ1n) is 9.82. The highest BCUT2D eigenvalue weighted by atomic mass is 16.5. The largest absolute Gasteiger partial charge is 0.456 e. The molecule has 3 atom stereocenters. The van der Waals surface area contributed by atoms with Crippen LogP contribution in [0.1, 0.15) is 68.8 Å². The van der Waals surface area contributed by atoms with Crippen LogP contribution in [0.3, 0.4) is 0 Å². The number of fused-ring (bicyclic) bond motifs is 2. The number of carbonyl (C=O) groups excluding carboxylic acids is 3. The second-order valence-electron chi connectivity index (χ2n) is 9.00. The summed E-state index contributed by atoms with van der Waals surface area (Å²) in [7, 11) is 0. The van der Waals surface area contributed by atoms with Crippen LogP contribution in [0.4, 0.5) is 0 Å². The number of benzene rings is 1. The fourth-order valence-electron chi connectivity index (χ4n) is 4.40. The Hall–Kier alpha value is -2.17. The zero-order valence-electron chi connectivity index (χ0n) is 16.4. The fraction of sp³-hybridized carbons (Fsp3) is 0.591. The van der Waals surface area contributed by atoms with Gasteiger partial charge in [-0.3, -0.25) is 19.7 Å². The van der Waals surface area contributed by atoms with Crippen molar-refractivity contribution in [1.29, 1.82) is 0 Å². The number of hydrogen-bond acceptors (Lipinski definition) is 4. The average Bonchev–Trinajstić information content (AvgIpc) is 3.22. The van der Waals surface area contributed by atoms with Crippen molar-refractivity contribution in [2.75, 3.05) is 6.61 Å². The van der Waals surface area contributed by atoms with Crippen molar-refractivity contribution in [1.82, 2.24) is 5.32 Å². The molecule has 27 heavy (non-hydrogen) atoms. The summed E-state index contributed by atoms with van der Waals surface area (Å²) in [5, 5.41) is 2.28. The highest BCUT2D eigenvalue weighted by molar-refractivity contribution is 6.05. The van der Waals surface area contributed by atoms with Crippen LogP contribution in [-0.4, -0.2) is 24.4 Å². The van der Waals surface area contributed by atoms with Gasteiger partial charge in [-0.1, -0.05) is 39.3 Å². The normalized spacial score (nSPS) is 23.9. The molecule has 1 N–H and O–H groups in total. The van der Waals surface area contributed by atoms with Gasteiger partial charge in [0.15, 0.2) is 6.61 Å². The summed E-state index contributed by atoms with van der Waals surface area (Å²) >= 11 is 0. The van der Waals surface area contributed by atoms with E-state index < -0.39 is 18.4 Å². The molecule has 5 nitrogen and oxygen atoms in total. The number of imide groups is 1. The maximum atomic E-state index is 12.2. The van der Waals surface area contributed by atoms with Crippen molar-refractivity contribution in [2.45, 2.75) is 58.3 Å². The molecule has 0 aliphatic heterocycles. The summed E-state index contributed by atoms with van der Waals surface area (Å²) in [5.74, 6) is 0.408. The number of rotatable bonds is 5. The number of hydrogen-bond donors (Lipinski definition) is 1. The minimum Gasteiger partial charge on any atom is -0.456 e. The van der Waals surface area contributed by atoms with Crippen LogP contribution in [0.15, 0.2) is 24.3 Å². The van der Waals surface area contributed by atoms with Gasteiger partial charge in [-0.15, -0.1) is 0 Å². The third-order valence-electron chi connectivity index (χ3n) is 5.94. The molecule has 2 amide bonds. The van der Waals surface area contributed by atoms with Crippen molar-refractivity contribution in [2.24, 2.45) is 17.8 Å². The Morgan fingerprint density at radius 1 is 1.07 bits per heavy atom. The number of amides is 2. The Bertz CT molecular complexity index is 717. The van der Waals surface area contributed by atoms with Gasteiger partial charge < -0.3 is 4.74 Å². The Morgan fingerprint density at radius 3 is 2.33 bits per heavy atom. The van der Waals surface area contributed by atoms with Gasteiger partial charge in [0.05, 0.1) is 0 Å². The summed E-state index contributed by atoms with van der Waals surface area (Å²) in [6.07, 6.45) is 5.23. The van der Waals surface area contributed by atoms with Crippen molar-refractivity contribution in [3.05, 3.63) is 35.4 Å². The summed E-state index contributed by atoms with van der Waals surface area (Å²) in [6.45, 7) is 5.87. The van der Waals surface area contributed by atoms with E-state index in [2.05, 4.69) is 26.1 Å². The van der Waals surface area contributed by atoms with E-state index in [1.54, 1.807) is 12.1 Å². The van der Waals surface area contributed by atoms with Crippen LogP contribution in [-0.2, 0) is 19.7 Å². The lowest BCUT2D eigenvalue weighted by atomic mass is 9.86. The van der Waals surface area contributed by atoms with Crippen molar-refractivity contribution < 1.29 is 19.1 Å². The van der Waals surface area contributed by atoms with Gasteiger partial charge in [0, 0.05) is 12.0 Å². The van der Waals surface area contributed by atoms with E-state index in [0.29, 0.717) is 23.8 Å². The molecular formula is C22H29NO4. The Kier molecular flexibility index (Phi) is 5.68. The molecular weight excluding hydrogens is 342 g/mol. The maximum absolute atomic E-state index is 12.2. The standard InChI is InChI=1S/C22H29NO4/c1-22(2,3)18-8-6-15(7-9-18)21(26)23-19(24)13-27-20(25)12-17-11-14-4-5-16(17)10-14/h6-9,14,16-17H,4-5,10-13H2,1-3H3,(H,23,24,26)/t14-,16-,17+/m1/s1. The SMILES string of the molecule is CC(C)(C)c1ccc(C(=O)NC(=O)COC(=O)C[C@@H]2C[C@@H]3CC[C@@H]2C3)cc1. The minimum absolute atomic E-state index is 0.00214. The third-order valence-corrected chi connectivity index (χ3v) is 5.94. The maximum Gasteiger partial charge on any atom is 0.306 e. The zero-order chi connectivity index (χ0) is 19.6. The molecule has 2 aliphatic rings. The number of nitrogens with one attached hydrogen (secondary N) is 1. The second kappa shape index (κ2) is 7.83. The molecule has 0 aromatic heterocycles. The number of esters is 1. The molecule has 2 saturated carbocycles. The predicted molar refractivity (Wildman–Crippen MR) is 102 cm³/mol. The molecule has 1 aromatic rings. The fourth-order valence-corrected chi connectivity index (χ4v) is 4.40. The van der Waals surface area contributed by atoms with Gasteiger partial charge in [0.2, 0.25) is 0 Å². The highest BCUT2D eigenvalue weighted by Gasteiger charge is 2.40. The molecule has 1 aromatic carbocycles. The van der Waals surface area contributed by atoms with E-state index >= 15 is 0 Å². The van der Waals surface area contributed by atoms with Gasteiger partial charge in [0.25, 0.3) is 11.8 Å². The van der Waals surface area contributed by atoms with Crippen LogP contribution in [0, 0.1) is 17.8 Å². The second-order valence-corrected chi connectivity index (χ2v) is 9.00. The van der Waals surface area contributed by atoms with Crippen molar-refractivity contribution in [3.8, 4) is 0 Å². The first-order chi connectivity index (χ1) is 12.7. The molecule has 2 aliphatic carbocycles. The molecule has 0 spiro atoms. The van der Waals surface area contributed by atoms with E-state index in [0.717, 1.165) is 17.9 Å². The molecule has 0 unspecified atom stereocenters. The lowest BCUT2D eigenvalue weighted by Crippen LogP contribution is -2.34. The van der Waals surface area contributed by atoms with E-state index in [1.807, 2.05) is 12.1 Å². The molecule has 2 fully saturated rings. The lowest BCUT2D eigenvalue weighted by molar-refractivity contribution is -0.149. The van der Waals surface area contributed by atoms with Crippen LogP contribution in [0.25, 0.3) is 0 Å². The molecule has 0 heterocycles. The van der Waals surface area contributed by atoms with E-state index in [-0.39, 0.29) is 11.4 Å². The van der Waals surface area contributed by atoms with E-state index in [9.17, 15) is 14.4 Å². The van der Waals surface area contributed by atoms with Crippen LogP contribution in [0.2, 0.25) is 0 Å². The van der Waals surface area contributed by atoms with Crippen LogP contribution < -0.4 is 5.32 Å². The predicted octanol–water partition coefficient (Wildman–Crippen LogP) is 3.61. The molecule has 5 heteroatoms. The molecule has 0 radical (unpaired) electrons. The average molecular weight is 371 g/mol.